The van der Waals surface area contributed by atoms with E-state index in [0.29, 0.717) is 6.04 Å². The van der Waals surface area contributed by atoms with Gasteiger partial charge in [-0.3, -0.25) is 4.79 Å². The highest BCUT2D eigenvalue weighted by Gasteiger charge is 2.19. The van der Waals surface area contributed by atoms with Crippen molar-refractivity contribution in [1.82, 2.24) is 9.88 Å². The molecule has 1 aliphatic rings. The zero-order chi connectivity index (χ0) is 13.0. The molecule has 1 aromatic heterocycles. The lowest BCUT2D eigenvalue weighted by atomic mass is 10.1. The third-order valence-electron chi connectivity index (χ3n) is 3.12. The third-order valence-corrected chi connectivity index (χ3v) is 4.60. The summed E-state index contributed by atoms with van der Waals surface area (Å²) in [5.74, 6) is 2.38. The highest BCUT2D eigenvalue weighted by atomic mass is 79.9. The normalized spacial score (nSPS) is 16.8. The molecule has 0 radical (unpaired) electrons. The van der Waals surface area contributed by atoms with Crippen molar-refractivity contribution < 1.29 is 4.79 Å². The van der Waals surface area contributed by atoms with Crippen LogP contribution in [0.2, 0.25) is 0 Å². The van der Waals surface area contributed by atoms with E-state index in [4.69, 9.17) is 0 Å². The van der Waals surface area contributed by atoms with Gasteiger partial charge in [-0.1, -0.05) is 6.92 Å². The summed E-state index contributed by atoms with van der Waals surface area (Å²) >= 11 is 5.42. The molecule has 0 saturated carbocycles. The number of aromatic nitrogens is 1. The topological polar surface area (TPSA) is 34.0 Å². The highest BCUT2D eigenvalue weighted by molar-refractivity contribution is 9.10. The summed E-state index contributed by atoms with van der Waals surface area (Å²) < 4.78 is 3.00. The Morgan fingerprint density at radius 3 is 2.94 bits per heavy atom. The average molecular weight is 331 g/mol. The number of amides is 1. The first-order chi connectivity index (χ1) is 8.70. The van der Waals surface area contributed by atoms with Crippen molar-refractivity contribution in [3.05, 3.63) is 22.4 Å². The zero-order valence-electron chi connectivity index (χ0n) is 10.6. The number of rotatable bonds is 4. The van der Waals surface area contributed by atoms with Gasteiger partial charge in [-0.2, -0.15) is 11.8 Å². The number of thioether (sulfide) groups is 1. The minimum Gasteiger partial charge on any atom is -0.348 e. The Morgan fingerprint density at radius 1 is 1.56 bits per heavy atom. The molecule has 0 unspecified atom stereocenters. The molecule has 1 fully saturated rings. The van der Waals surface area contributed by atoms with Gasteiger partial charge in [0, 0.05) is 23.3 Å². The lowest BCUT2D eigenvalue weighted by molar-refractivity contribution is 0.0925. The van der Waals surface area contributed by atoms with E-state index in [1.54, 1.807) is 0 Å². The maximum Gasteiger partial charge on any atom is 0.268 e. The van der Waals surface area contributed by atoms with E-state index in [2.05, 4.69) is 28.2 Å². The molecule has 0 atom stereocenters. The second-order valence-corrected chi connectivity index (χ2v) is 6.74. The molecule has 1 N–H and O–H groups in total. The van der Waals surface area contributed by atoms with Crippen LogP contribution in [0.25, 0.3) is 0 Å². The molecular formula is C13H19BrN2OS. The Morgan fingerprint density at radius 2 is 2.28 bits per heavy atom. The van der Waals surface area contributed by atoms with Crippen LogP contribution in [-0.2, 0) is 6.54 Å². The predicted molar refractivity (Wildman–Crippen MR) is 80.2 cm³/mol. The second kappa shape index (κ2) is 6.66. The van der Waals surface area contributed by atoms with Gasteiger partial charge < -0.3 is 9.88 Å². The van der Waals surface area contributed by atoms with E-state index < -0.39 is 0 Å². The Labute approximate surface area is 121 Å². The Hall–Kier alpha value is -0.420. The van der Waals surface area contributed by atoms with Gasteiger partial charge in [0.2, 0.25) is 0 Å². The zero-order valence-corrected chi connectivity index (χ0v) is 13.0. The van der Waals surface area contributed by atoms with Crippen molar-refractivity contribution in [1.29, 1.82) is 0 Å². The van der Waals surface area contributed by atoms with E-state index >= 15 is 0 Å². The Bertz CT molecular complexity index is 413. The van der Waals surface area contributed by atoms with Crippen molar-refractivity contribution in [3.63, 3.8) is 0 Å². The molecule has 0 aliphatic carbocycles. The quantitative estimate of drug-likeness (QED) is 0.919. The van der Waals surface area contributed by atoms with E-state index in [1.165, 1.54) is 0 Å². The summed E-state index contributed by atoms with van der Waals surface area (Å²) in [7, 11) is 0. The van der Waals surface area contributed by atoms with Gasteiger partial charge in [-0.15, -0.1) is 0 Å². The van der Waals surface area contributed by atoms with Crippen molar-refractivity contribution in [2.24, 2.45) is 0 Å². The van der Waals surface area contributed by atoms with Crippen LogP contribution in [0.4, 0.5) is 0 Å². The number of carbonyl (C=O) groups is 1. The molecule has 1 aliphatic heterocycles. The van der Waals surface area contributed by atoms with Crippen LogP contribution in [0.15, 0.2) is 16.7 Å². The van der Waals surface area contributed by atoms with Crippen LogP contribution < -0.4 is 5.32 Å². The molecule has 0 bridgehead atoms. The van der Waals surface area contributed by atoms with Gasteiger partial charge in [0.25, 0.3) is 5.91 Å². The molecule has 1 saturated heterocycles. The summed E-state index contributed by atoms with van der Waals surface area (Å²) in [6, 6.07) is 2.25. The van der Waals surface area contributed by atoms with Crippen molar-refractivity contribution in [3.8, 4) is 0 Å². The van der Waals surface area contributed by atoms with E-state index in [-0.39, 0.29) is 5.91 Å². The third kappa shape index (κ3) is 3.54. The number of hydrogen-bond acceptors (Lipinski definition) is 2. The van der Waals surface area contributed by atoms with Gasteiger partial charge in [-0.05, 0) is 52.8 Å². The summed E-state index contributed by atoms with van der Waals surface area (Å²) in [4.78, 5) is 12.3. The van der Waals surface area contributed by atoms with Gasteiger partial charge in [0.1, 0.15) is 5.69 Å². The number of nitrogens with one attached hydrogen (secondary N) is 1. The number of aryl methyl sites for hydroxylation is 1. The maximum atomic E-state index is 12.3. The molecule has 0 aromatic carbocycles. The van der Waals surface area contributed by atoms with Crippen molar-refractivity contribution in [2.75, 3.05) is 11.5 Å². The molecule has 1 aromatic rings. The first kappa shape index (κ1) is 14.0. The standard InChI is InChI=1S/C13H19BrN2OS/c1-2-5-16-9-10(14)8-12(16)13(17)15-11-3-6-18-7-4-11/h8-9,11H,2-7H2,1H3,(H,15,17). The molecule has 5 heteroatoms. The Balaban J connectivity index is 2.03. The molecular weight excluding hydrogens is 312 g/mol. The summed E-state index contributed by atoms with van der Waals surface area (Å²) in [6.07, 6.45) is 5.19. The van der Waals surface area contributed by atoms with Gasteiger partial charge in [-0.25, -0.2) is 0 Å². The van der Waals surface area contributed by atoms with Crippen LogP contribution in [0.5, 0.6) is 0 Å². The SMILES string of the molecule is CCCn1cc(Br)cc1C(=O)NC1CCSCC1. The molecule has 0 spiro atoms. The number of halogens is 1. The fourth-order valence-electron chi connectivity index (χ4n) is 2.19. The molecule has 100 valence electrons. The van der Waals surface area contributed by atoms with Crippen LogP contribution in [-0.4, -0.2) is 28.0 Å². The minimum absolute atomic E-state index is 0.0612. The van der Waals surface area contributed by atoms with Crippen LogP contribution in [0.1, 0.15) is 36.7 Å². The summed E-state index contributed by atoms with van der Waals surface area (Å²) in [6.45, 7) is 3.00. The van der Waals surface area contributed by atoms with Gasteiger partial charge >= 0.3 is 0 Å². The minimum atomic E-state index is 0.0612. The number of carbonyl (C=O) groups excluding carboxylic acids is 1. The maximum absolute atomic E-state index is 12.3. The molecule has 18 heavy (non-hydrogen) atoms. The van der Waals surface area contributed by atoms with Crippen LogP contribution in [0, 0.1) is 0 Å². The average Bonchev–Trinajstić information content (AvgIpc) is 2.72. The van der Waals surface area contributed by atoms with Crippen molar-refractivity contribution >= 4 is 33.6 Å². The lowest BCUT2D eigenvalue weighted by Crippen LogP contribution is -2.38. The van der Waals surface area contributed by atoms with E-state index in [9.17, 15) is 4.79 Å². The smallest absolute Gasteiger partial charge is 0.268 e. The second-order valence-electron chi connectivity index (χ2n) is 4.60. The first-order valence-electron chi connectivity index (χ1n) is 6.45. The number of hydrogen-bond donors (Lipinski definition) is 1. The van der Waals surface area contributed by atoms with E-state index in [0.717, 1.165) is 47.5 Å². The molecule has 2 heterocycles. The van der Waals surface area contributed by atoms with Crippen LogP contribution in [0.3, 0.4) is 0 Å². The van der Waals surface area contributed by atoms with Gasteiger partial charge in [0.05, 0.1) is 0 Å². The van der Waals surface area contributed by atoms with Crippen LogP contribution >= 0.6 is 27.7 Å². The summed E-state index contributed by atoms with van der Waals surface area (Å²) in [5.41, 5.74) is 0.766. The predicted octanol–water partition coefficient (Wildman–Crippen LogP) is 3.29. The first-order valence-corrected chi connectivity index (χ1v) is 8.39. The number of nitrogens with zero attached hydrogens (tertiary/aromatic N) is 1. The lowest BCUT2D eigenvalue weighted by Gasteiger charge is -2.22. The van der Waals surface area contributed by atoms with E-state index in [1.807, 2.05) is 28.6 Å². The fraction of sp³-hybridized carbons (Fsp3) is 0.615. The van der Waals surface area contributed by atoms with Gasteiger partial charge in [0.15, 0.2) is 0 Å². The molecule has 2 rings (SSSR count). The molecule has 1 amide bonds. The fourth-order valence-corrected chi connectivity index (χ4v) is 3.76. The summed E-state index contributed by atoms with van der Waals surface area (Å²) in [5, 5.41) is 3.15. The monoisotopic (exact) mass is 330 g/mol. The highest BCUT2D eigenvalue weighted by Crippen LogP contribution is 2.19. The Kier molecular flexibility index (Phi) is 5.18. The van der Waals surface area contributed by atoms with Crippen molar-refractivity contribution in [2.45, 2.75) is 38.8 Å². The molecule has 3 nitrogen and oxygen atoms in total. The largest absolute Gasteiger partial charge is 0.348 e.